The van der Waals surface area contributed by atoms with E-state index in [0.29, 0.717) is 5.56 Å². The molecule has 6 nitrogen and oxygen atoms in total. The molecule has 16 heavy (non-hydrogen) atoms. The van der Waals surface area contributed by atoms with Crippen molar-refractivity contribution >= 4 is 12.1 Å². The third-order valence-electron chi connectivity index (χ3n) is 2.34. The SMILES string of the molecule is O=C1OCN(C(=O)O)[C@H]1c1ccc(O)cc1. The van der Waals surface area contributed by atoms with Crippen molar-refractivity contribution in [3.63, 3.8) is 0 Å². The summed E-state index contributed by atoms with van der Waals surface area (Å²) in [6.45, 7) is -0.264. The van der Waals surface area contributed by atoms with E-state index in [1.165, 1.54) is 24.3 Å². The molecule has 1 aliphatic heterocycles. The molecule has 1 aromatic rings. The van der Waals surface area contributed by atoms with E-state index < -0.39 is 18.1 Å². The second kappa shape index (κ2) is 3.73. The van der Waals surface area contributed by atoms with Gasteiger partial charge < -0.3 is 14.9 Å². The van der Waals surface area contributed by atoms with Gasteiger partial charge in [-0.1, -0.05) is 12.1 Å². The third-order valence-corrected chi connectivity index (χ3v) is 2.34. The van der Waals surface area contributed by atoms with E-state index >= 15 is 0 Å². The number of ether oxygens (including phenoxy) is 1. The van der Waals surface area contributed by atoms with Gasteiger partial charge in [-0.15, -0.1) is 0 Å². The first-order chi connectivity index (χ1) is 7.59. The minimum Gasteiger partial charge on any atom is -0.508 e. The van der Waals surface area contributed by atoms with Crippen molar-refractivity contribution in [2.45, 2.75) is 6.04 Å². The highest BCUT2D eigenvalue weighted by Crippen LogP contribution is 2.28. The Morgan fingerprint density at radius 2 is 2.00 bits per heavy atom. The van der Waals surface area contributed by atoms with Gasteiger partial charge in [0.1, 0.15) is 5.75 Å². The molecule has 0 aromatic heterocycles. The zero-order chi connectivity index (χ0) is 11.7. The van der Waals surface area contributed by atoms with E-state index in [9.17, 15) is 9.59 Å². The van der Waals surface area contributed by atoms with Crippen LogP contribution in [0.5, 0.6) is 5.75 Å². The predicted molar refractivity (Wildman–Crippen MR) is 51.7 cm³/mol. The Bertz CT molecular complexity index is 427. The van der Waals surface area contributed by atoms with Gasteiger partial charge in [0.15, 0.2) is 12.8 Å². The maximum absolute atomic E-state index is 11.4. The predicted octanol–water partition coefficient (Wildman–Crippen LogP) is 0.928. The summed E-state index contributed by atoms with van der Waals surface area (Å²) >= 11 is 0. The number of benzene rings is 1. The zero-order valence-corrected chi connectivity index (χ0v) is 8.16. The fourth-order valence-electron chi connectivity index (χ4n) is 1.55. The molecule has 1 atom stereocenters. The van der Waals surface area contributed by atoms with Gasteiger partial charge >= 0.3 is 12.1 Å². The number of carbonyl (C=O) groups excluding carboxylic acids is 1. The maximum Gasteiger partial charge on any atom is 0.411 e. The second-order valence-corrected chi connectivity index (χ2v) is 3.34. The van der Waals surface area contributed by atoms with Gasteiger partial charge in [0, 0.05) is 0 Å². The lowest BCUT2D eigenvalue weighted by atomic mass is 10.1. The van der Waals surface area contributed by atoms with Crippen LogP contribution in [-0.4, -0.2) is 33.9 Å². The lowest BCUT2D eigenvalue weighted by Crippen LogP contribution is -2.30. The van der Waals surface area contributed by atoms with Crippen LogP contribution in [0.2, 0.25) is 0 Å². The molecule has 1 saturated heterocycles. The first-order valence-electron chi connectivity index (χ1n) is 4.55. The van der Waals surface area contributed by atoms with Gasteiger partial charge in [0.2, 0.25) is 0 Å². The van der Waals surface area contributed by atoms with Gasteiger partial charge in [-0.3, -0.25) is 4.90 Å². The van der Waals surface area contributed by atoms with Crippen LogP contribution in [0, 0.1) is 0 Å². The Labute approximate surface area is 90.7 Å². The van der Waals surface area contributed by atoms with Gasteiger partial charge in [-0.25, -0.2) is 9.59 Å². The highest BCUT2D eigenvalue weighted by atomic mass is 16.6. The van der Waals surface area contributed by atoms with E-state index in [4.69, 9.17) is 10.2 Å². The molecule has 1 fully saturated rings. The van der Waals surface area contributed by atoms with Gasteiger partial charge in [-0.05, 0) is 17.7 Å². The molecule has 0 spiro atoms. The molecular weight excluding hydrogens is 214 g/mol. The highest BCUT2D eigenvalue weighted by molar-refractivity contribution is 5.84. The quantitative estimate of drug-likeness (QED) is 0.691. The summed E-state index contributed by atoms with van der Waals surface area (Å²) < 4.78 is 4.67. The number of carboxylic acid groups (broad SMARTS) is 1. The smallest absolute Gasteiger partial charge is 0.411 e. The fourth-order valence-corrected chi connectivity index (χ4v) is 1.55. The molecule has 2 rings (SSSR count). The van der Waals surface area contributed by atoms with Gasteiger partial charge in [-0.2, -0.15) is 0 Å². The largest absolute Gasteiger partial charge is 0.508 e. The lowest BCUT2D eigenvalue weighted by molar-refractivity contribution is -0.139. The van der Waals surface area contributed by atoms with Crippen LogP contribution in [-0.2, 0) is 9.53 Å². The average molecular weight is 223 g/mol. The van der Waals surface area contributed by atoms with Crippen LogP contribution >= 0.6 is 0 Å². The summed E-state index contributed by atoms with van der Waals surface area (Å²) in [5, 5.41) is 18.0. The van der Waals surface area contributed by atoms with E-state index in [0.717, 1.165) is 4.90 Å². The van der Waals surface area contributed by atoms with Gasteiger partial charge in [0.05, 0.1) is 0 Å². The van der Waals surface area contributed by atoms with Crippen molar-refractivity contribution in [2.75, 3.05) is 6.73 Å². The number of phenols is 1. The number of hydrogen-bond acceptors (Lipinski definition) is 4. The number of cyclic esters (lactones) is 1. The van der Waals surface area contributed by atoms with Crippen molar-refractivity contribution in [3.05, 3.63) is 29.8 Å². The fraction of sp³-hybridized carbons (Fsp3) is 0.200. The molecule has 0 radical (unpaired) electrons. The van der Waals surface area contributed by atoms with Crippen molar-refractivity contribution in [3.8, 4) is 5.75 Å². The van der Waals surface area contributed by atoms with Crippen LogP contribution in [0.3, 0.4) is 0 Å². The molecule has 84 valence electrons. The van der Waals surface area contributed by atoms with E-state index in [1.54, 1.807) is 0 Å². The minimum absolute atomic E-state index is 0.0528. The molecule has 1 heterocycles. The first-order valence-corrected chi connectivity index (χ1v) is 4.55. The number of esters is 1. The number of rotatable bonds is 1. The summed E-state index contributed by atoms with van der Waals surface area (Å²) in [5.41, 5.74) is 0.475. The Morgan fingerprint density at radius 1 is 1.38 bits per heavy atom. The number of aromatic hydroxyl groups is 1. The average Bonchev–Trinajstić information content (AvgIpc) is 2.62. The second-order valence-electron chi connectivity index (χ2n) is 3.34. The molecule has 1 aromatic carbocycles. The maximum atomic E-state index is 11.4. The summed E-state index contributed by atoms with van der Waals surface area (Å²) in [6.07, 6.45) is -1.22. The third kappa shape index (κ3) is 1.65. The van der Waals surface area contributed by atoms with Crippen LogP contribution < -0.4 is 0 Å². The Balaban J connectivity index is 2.33. The minimum atomic E-state index is -1.22. The molecule has 0 saturated carbocycles. The molecule has 1 amide bonds. The number of carbonyl (C=O) groups is 2. The van der Waals surface area contributed by atoms with Crippen LogP contribution in [0.15, 0.2) is 24.3 Å². The van der Waals surface area contributed by atoms with Crippen molar-refractivity contribution in [2.24, 2.45) is 0 Å². The monoisotopic (exact) mass is 223 g/mol. The van der Waals surface area contributed by atoms with E-state index in [2.05, 4.69) is 4.74 Å². The summed E-state index contributed by atoms with van der Waals surface area (Å²) in [7, 11) is 0. The Hall–Kier alpha value is -2.24. The standard InChI is InChI=1S/C10H9NO5/c12-7-3-1-6(2-4-7)8-9(13)16-5-11(8)10(14)15/h1-4,8,12H,5H2,(H,14,15)/t8-/m0/s1. The Morgan fingerprint density at radius 3 is 2.56 bits per heavy atom. The topological polar surface area (TPSA) is 87.1 Å². The van der Waals surface area contributed by atoms with E-state index in [1.807, 2.05) is 0 Å². The summed E-state index contributed by atoms with van der Waals surface area (Å²) in [4.78, 5) is 23.1. The molecular formula is C10H9NO5. The lowest BCUT2D eigenvalue weighted by Gasteiger charge is -2.16. The van der Waals surface area contributed by atoms with Crippen molar-refractivity contribution in [1.29, 1.82) is 0 Å². The zero-order valence-electron chi connectivity index (χ0n) is 8.16. The summed E-state index contributed by atoms with van der Waals surface area (Å²) in [6, 6.07) is 4.81. The molecule has 1 aliphatic rings. The van der Waals surface area contributed by atoms with Gasteiger partial charge in [0.25, 0.3) is 0 Å². The Kier molecular flexibility index (Phi) is 2.40. The first kappa shape index (κ1) is 10.3. The highest BCUT2D eigenvalue weighted by Gasteiger charge is 2.38. The molecule has 2 N–H and O–H groups in total. The van der Waals surface area contributed by atoms with E-state index in [-0.39, 0.29) is 12.5 Å². The van der Waals surface area contributed by atoms with Crippen LogP contribution in [0.1, 0.15) is 11.6 Å². The van der Waals surface area contributed by atoms with Crippen molar-refractivity contribution < 1.29 is 24.5 Å². The number of nitrogens with zero attached hydrogens (tertiary/aromatic N) is 1. The van der Waals surface area contributed by atoms with Crippen LogP contribution in [0.4, 0.5) is 4.79 Å². The number of amides is 1. The normalized spacial score (nSPS) is 19.6. The number of hydrogen-bond donors (Lipinski definition) is 2. The van der Waals surface area contributed by atoms with Crippen LogP contribution in [0.25, 0.3) is 0 Å². The molecule has 6 heteroatoms. The molecule has 0 bridgehead atoms. The molecule has 0 aliphatic carbocycles. The molecule has 0 unspecified atom stereocenters. The summed E-state index contributed by atoms with van der Waals surface area (Å²) in [5.74, 6) is -0.551. The van der Waals surface area contributed by atoms with Crippen molar-refractivity contribution in [1.82, 2.24) is 4.90 Å². The number of phenolic OH excluding ortho intramolecular Hbond substituents is 1.